The number of nitrogens with one attached hydrogen (secondary N) is 2. The van der Waals surface area contributed by atoms with Crippen molar-refractivity contribution < 1.29 is 32.5 Å². The lowest BCUT2D eigenvalue weighted by molar-refractivity contribution is -0.214. The van der Waals surface area contributed by atoms with E-state index in [-0.39, 0.29) is 19.2 Å². The molecule has 3 N–H and O–H groups in total. The van der Waals surface area contributed by atoms with Crippen LogP contribution in [0.4, 0.5) is 18.0 Å². The van der Waals surface area contributed by atoms with Crippen molar-refractivity contribution in [2.45, 2.75) is 31.2 Å². The first kappa shape index (κ1) is 22.5. The maximum Gasteiger partial charge on any atom is 0.427 e. The van der Waals surface area contributed by atoms with Crippen LogP contribution < -0.4 is 10.1 Å². The zero-order valence-corrected chi connectivity index (χ0v) is 15.8. The molecule has 29 heavy (non-hydrogen) atoms. The third-order valence-electron chi connectivity index (χ3n) is 4.33. The minimum atomic E-state index is -4.82. The molecule has 160 valence electrons. The number of aromatic nitrogens is 1. The average Bonchev–Trinajstić information content (AvgIpc) is 2.70. The average molecular weight is 416 g/mol. The van der Waals surface area contributed by atoms with Crippen molar-refractivity contribution in [3.8, 4) is 5.88 Å². The number of allylic oxidation sites excluding steroid dienone is 1. The summed E-state index contributed by atoms with van der Waals surface area (Å²) >= 11 is 0. The molecular weight excluding hydrogens is 393 g/mol. The number of aliphatic hydroxyl groups excluding tert-OH is 1. The second-order valence-electron chi connectivity index (χ2n) is 6.28. The van der Waals surface area contributed by atoms with Gasteiger partial charge in [-0.05, 0) is 12.1 Å². The summed E-state index contributed by atoms with van der Waals surface area (Å²) in [6.07, 6.45) is -3.63. The van der Waals surface area contributed by atoms with Gasteiger partial charge in [-0.15, -0.1) is 0 Å². The monoisotopic (exact) mass is 416 g/mol. The molecule has 1 aliphatic heterocycles. The Kier molecular flexibility index (Phi) is 7.82. The van der Waals surface area contributed by atoms with E-state index in [4.69, 9.17) is 15.3 Å². The molecule has 0 aromatic carbocycles. The number of rotatable bonds is 7. The summed E-state index contributed by atoms with van der Waals surface area (Å²) in [5, 5.41) is 18.9. The van der Waals surface area contributed by atoms with Gasteiger partial charge in [-0.1, -0.05) is 0 Å². The number of carbonyl (C=O) groups is 1. The lowest BCUT2D eigenvalue weighted by Crippen LogP contribution is -2.46. The highest BCUT2D eigenvalue weighted by molar-refractivity contribution is 5.82. The van der Waals surface area contributed by atoms with Crippen molar-refractivity contribution in [1.82, 2.24) is 15.2 Å². The summed E-state index contributed by atoms with van der Waals surface area (Å²) in [6, 6.07) is 3.47. The Morgan fingerprint density at radius 2 is 2.17 bits per heavy atom. The Bertz CT molecular complexity index is 734. The second kappa shape index (κ2) is 10.1. The van der Waals surface area contributed by atoms with Crippen LogP contribution in [0, 0.1) is 5.41 Å². The van der Waals surface area contributed by atoms with Crippen LogP contribution in [0.3, 0.4) is 0 Å². The van der Waals surface area contributed by atoms with Crippen LogP contribution in [0.2, 0.25) is 0 Å². The number of hydrogen-bond acceptors (Lipinski definition) is 7. The van der Waals surface area contributed by atoms with E-state index in [0.29, 0.717) is 24.4 Å². The number of amides is 1. The van der Waals surface area contributed by atoms with Crippen molar-refractivity contribution >= 4 is 18.0 Å². The first-order valence-corrected chi connectivity index (χ1v) is 8.93. The summed E-state index contributed by atoms with van der Waals surface area (Å²) in [4.78, 5) is 17.2. The van der Waals surface area contributed by atoms with Crippen LogP contribution in [0.1, 0.15) is 18.4 Å². The lowest BCUT2D eigenvalue weighted by atomic mass is 10.1. The van der Waals surface area contributed by atoms with E-state index in [0.717, 1.165) is 16.7 Å². The smallest absolute Gasteiger partial charge is 0.427 e. The molecule has 2 heterocycles. The summed E-state index contributed by atoms with van der Waals surface area (Å²) in [6.45, 7) is -0.999. The van der Waals surface area contributed by atoms with E-state index in [1.54, 1.807) is 31.5 Å². The lowest BCUT2D eigenvalue weighted by Gasteiger charge is -2.32. The van der Waals surface area contributed by atoms with Gasteiger partial charge in [0, 0.05) is 62.7 Å². The molecule has 1 atom stereocenters. The molecule has 11 heteroatoms. The largest absolute Gasteiger partial charge is 0.474 e. The SMILES string of the molecule is CN/C(=C\C=N)c1ccnc(OC2CCN(C(=O)O[C@H](CO)C(F)(F)F)CC2)c1. The fraction of sp³-hybridized carbons (Fsp3) is 0.500. The molecule has 0 bridgehead atoms. The minimum Gasteiger partial charge on any atom is -0.474 e. The predicted molar refractivity (Wildman–Crippen MR) is 98.7 cm³/mol. The van der Waals surface area contributed by atoms with Crippen LogP contribution in [0.15, 0.2) is 24.4 Å². The molecule has 1 aliphatic rings. The van der Waals surface area contributed by atoms with Crippen LogP contribution in [-0.2, 0) is 4.74 Å². The van der Waals surface area contributed by atoms with Crippen molar-refractivity contribution in [1.29, 1.82) is 5.41 Å². The van der Waals surface area contributed by atoms with Crippen LogP contribution in [0.25, 0.3) is 5.70 Å². The van der Waals surface area contributed by atoms with E-state index < -0.39 is 25.0 Å². The van der Waals surface area contributed by atoms with E-state index in [2.05, 4.69) is 15.0 Å². The molecule has 1 aromatic rings. The van der Waals surface area contributed by atoms with Gasteiger partial charge in [0.05, 0.1) is 6.61 Å². The number of ether oxygens (including phenoxy) is 2. The van der Waals surface area contributed by atoms with E-state index >= 15 is 0 Å². The quantitative estimate of drug-likeness (QED) is 0.588. The maximum absolute atomic E-state index is 12.6. The molecule has 0 saturated carbocycles. The van der Waals surface area contributed by atoms with Crippen molar-refractivity contribution in [3.63, 3.8) is 0 Å². The molecule has 0 radical (unpaired) electrons. The summed E-state index contributed by atoms with van der Waals surface area (Å²) in [7, 11) is 1.73. The number of nitrogens with zero attached hydrogens (tertiary/aromatic N) is 2. The molecule has 1 saturated heterocycles. The Morgan fingerprint density at radius 1 is 1.48 bits per heavy atom. The Morgan fingerprint density at radius 3 is 2.72 bits per heavy atom. The first-order chi connectivity index (χ1) is 13.8. The zero-order chi connectivity index (χ0) is 21.4. The van der Waals surface area contributed by atoms with E-state index in [1.807, 2.05) is 0 Å². The van der Waals surface area contributed by atoms with Gasteiger partial charge in [-0.25, -0.2) is 9.78 Å². The molecule has 0 unspecified atom stereocenters. The molecular formula is C18H23F3N4O4. The standard InChI is InChI=1S/C18H23F3N4O4/c1-23-14(2-6-22)12-3-7-24-16(10-12)28-13-4-8-25(9-5-13)17(27)29-15(11-26)18(19,20)21/h2-3,6-7,10,13,15,22-23,26H,4-5,8-9,11H2,1H3/b14-2-,22-6?/t15-/m1/s1. The van der Waals surface area contributed by atoms with Gasteiger partial charge < -0.3 is 30.2 Å². The van der Waals surface area contributed by atoms with Crippen molar-refractivity contribution in [2.75, 3.05) is 26.7 Å². The van der Waals surface area contributed by atoms with Crippen LogP contribution in [0.5, 0.6) is 5.88 Å². The van der Waals surface area contributed by atoms with Crippen LogP contribution in [-0.4, -0.2) is 72.4 Å². The van der Waals surface area contributed by atoms with Crippen molar-refractivity contribution in [2.24, 2.45) is 0 Å². The van der Waals surface area contributed by atoms with E-state index in [1.165, 1.54) is 0 Å². The number of likely N-dealkylation sites (tertiary alicyclic amines) is 1. The number of halogens is 3. The molecule has 1 fully saturated rings. The first-order valence-electron chi connectivity index (χ1n) is 8.93. The van der Waals surface area contributed by atoms with Gasteiger partial charge in [-0.2, -0.15) is 13.2 Å². The molecule has 1 aromatic heterocycles. The number of aliphatic hydroxyl groups is 1. The number of piperidine rings is 1. The molecule has 0 spiro atoms. The highest BCUT2D eigenvalue weighted by Gasteiger charge is 2.43. The third-order valence-corrected chi connectivity index (χ3v) is 4.33. The maximum atomic E-state index is 12.6. The molecule has 2 rings (SSSR count). The topological polar surface area (TPSA) is 108 Å². The highest BCUT2D eigenvalue weighted by Crippen LogP contribution is 2.25. The Balaban J connectivity index is 1.91. The molecule has 0 aliphatic carbocycles. The summed E-state index contributed by atoms with van der Waals surface area (Å²) < 4.78 is 48.0. The number of hydrogen-bond donors (Lipinski definition) is 3. The fourth-order valence-electron chi connectivity index (χ4n) is 2.78. The fourth-order valence-corrected chi connectivity index (χ4v) is 2.78. The molecule has 8 nitrogen and oxygen atoms in total. The Labute approximate surface area is 165 Å². The van der Waals surface area contributed by atoms with Gasteiger partial charge in [0.15, 0.2) is 0 Å². The second-order valence-corrected chi connectivity index (χ2v) is 6.28. The van der Waals surface area contributed by atoms with E-state index in [9.17, 15) is 18.0 Å². The molecule has 1 amide bonds. The number of pyridine rings is 1. The Hall–Kier alpha value is -2.82. The third kappa shape index (κ3) is 6.34. The summed E-state index contributed by atoms with van der Waals surface area (Å²) in [5.41, 5.74) is 1.50. The van der Waals surface area contributed by atoms with Gasteiger partial charge >= 0.3 is 12.3 Å². The summed E-state index contributed by atoms with van der Waals surface area (Å²) in [5.74, 6) is 0.368. The van der Waals surface area contributed by atoms with Gasteiger partial charge in [-0.3, -0.25) is 0 Å². The number of carbonyl (C=O) groups excluding carboxylic acids is 1. The van der Waals surface area contributed by atoms with Crippen LogP contribution >= 0.6 is 0 Å². The normalized spacial score (nSPS) is 16.9. The van der Waals surface area contributed by atoms with Crippen molar-refractivity contribution in [3.05, 3.63) is 30.0 Å². The minimum absolute atomic E-state index is 0.161. The number of alkyl halides is 3. The zero-order valence-electron chi connectivity index (χ0n) is 15.8. The van der Waals surface area contributed by atoms with Gasteiger partial charge in [0.1, 0.15) is 6.10 Å². The van der Waals surface area contributed by atoms with Gasteiger partial charge in [0.2, 0.25) is 12.0 Å². The highest BCUT2D eigenvalue weighted by atomic mass is 19.4. The predicted octanol–water partition coefficient (Wildman–Crippen LogP) is 2.19. The van der Waals surface area contributed by atoms with Gasteiger partial charge in [0.25, 0.3) is 0 Å².